The summed E-state index contributed by atoms with van der Waals surface area (Å²) < 4.78 is 5.48. The van der Waals surface area contributed by atoms with Crippen LogP contribution >= 0.6 is 11.8 Å². The highest BCUT2D eigenvalue weighted by atomic mass is 32.2. The molecule has 0 spiro atoms. The van der Waals surface area contributed by atoms with Gasteiger partial charge in [-0.25, -0.2) is 0 Å². The monoisotopic (exact) mass is 280 g/mol. The molecule has 3 nitrogen and oxygen atoms in total. The van der Waals surface area contributed by atoms with Gasteiger partial charge in [0.2, 0.25) is 0 Å². The third-order valence-electron chi connectivity index (χ3n) is 3.29. The lowest BCUT2D eigenvalue weighted by atomic mass is 10.1. The van der Waals surface area contributed by atoms with Crippen LogP contribution in [0, 0.1) is 5.92 Å². The number of carbonyl (C=O) groups is 1. The number of hydrogen-bond donors (Lipinski definition) is 1. The standard InChI is InChI=1S/C15H20O3S/c1-10(2)14(15(16)17)19-8-6-11-3-4-13-12(9-11)5-7-18-13/h3-4,9-10,14H,5-8H2,1-2H3,(H,16,17). The van der Waals surface area contributed by atoms with Crippen molar-refractivity contribution in [1.82, 2.24) is 0 Å². The lowest BCUT2D eigenvalue weighted by Gasteiger charge is -2.15. The summed E-state index contributed by atoms with van der Waals surface area (Å²) in [6, 6.07) is 6.30. The van der Waals surface area contributed by atoms with E-state index in [1.165, 1.54) is 22.9 Å². The van der Waals surface area contributed by atoms with E-state index in [1.807, 2.05) is 19.9 Å². The van der Waals surface area contributed by atoms with Gasteiger partial charge in [0.1, 0.15) is 11.0 Å². The molecule has 0 aromatic heterocycles. The molecule has 4 heteroatoms. The maximum absolute atomic E-state index is 11.1. The zero-order chi connectivity index (χ0) is 13.8. The Labute approximate surface area is 118 Å². The number of carboxylic acids is 1. The summed E-state index contributed by atoms with van der Waals surface area (Å²) in [7, 11) is 0. The average molecular weight is 280 g/mol. The summed E-state index contributed by atoms with van der Waals surface area (Å²) in [5.41, 5.74) is 2.55. The maximum atomic E-state index is 11.1. The zero-order valence-corrected chi connectivity index (χ0v) is 12.2. The first-order valence-electron chi connectivity index (χ1n) is 6.67. The Kier molecular flexibility index (Phi) is 4.75. The minimum Gasteiger partial charge on any atom is -0.493 e. The Morgan fingerprint density at radius 2 is 2.26 bits per heavy atom. The van der Waals surface area contributed by atoms with Crippen LogP contribution in [0.3, 0.4) is 0 Å². The largest absolute Gasteiger partial charge is 0.493 e. The molecule has 1 aliphatic heterocycles. The number of aliphatic carboxylic acids is 1. The first-order chi connectivity index (χ1) is 9.08. The number of ether oxygens (including phenoxy) is 1. The van der Waals surface area contributed by atoms with Crippen molar-refractivity contribution in [2.75, 3.05) is 12.4 Å². The molecular weight excluding hydrogens is 260 g/mol. The first kappa shape index (κ1) is 14.3. The molecule has 0 fully saturated rings. The van der Waals surface area contributed by atoms with Gasteiger partial charge < -0.3 is 9.84 Å². The third-order valence-corrected chi connectivity index (χ3v) is 4.84. The second-order valence-corrected chi connectivity index (χ2v) is 6.41. The van der Waals surface area contributed by atoms with Gasteiger partial charge in [0, 0.05) is 6.42 Å². The summed E-state index contributed by atoms with van der Waals surface area (Å²) >= 11 is 1.54. The van der Waals surface area contributed by atoms with Gasteiger partial charge in [-0.05, 0) is 35.3 Å². The van der Waals surface area contributed by atoms with Crippen LogP contribution in [0.2, 0.25) is 0 Å². The molecule has 0 saturated heterocycles. The van der Waals surface area contributed by atoms with Gasteiger partial charge in [-0.15, -0.1) is 11.8 Å². The van der Waals surface area contributed by atoms with Crippen molar-refractivity contribution in [2.45, 2.75) is 31.9 Å². The van der Waals surface area contributed by atoms with Gasteiger partial charge in [-0.1, -0.05) is 26.0 Å². The molecule has 0 aliphatic carbocycles. The van der Waals surface area contributed by atoms with Crippen LogP contribution in [-0.2, 0) is 17.6 Å². The zero-order valence-electron chi connectivity index (χ0n) is 11.4. The highest BCUT2D eigenvalue weighted by molar-refractivity contribution is 8.00. The topological polar surface area (TPSA) is 46.5 Å². The highest BCUT2D eigenvalue weighted by Crippen LogP contribution is 2.27. The van der Waals surface area contributed by atoms with Crippen molar-refractivity contribution in [1.29, 1.82) is 0 Å². The van der Waals surface area contributed by atoms with Gasteiger partial charge in [-0.2, -0.15) is 0 Å². The predicted molar refractivity (Wildman–Crippen MR) is 78.1 cm³/mol. The number of hydrogen-bond acceptors (Lipinski definition) is 3. The summed E-state index contributed by atoms with van der Waals surface area (Å²) in [6.07, 6.45) is 1.90. The minimum absolute atomic E-state index is 0.163. The van der Waals surface area contributed by atoms with Gasteiger partial charge in [0.05, 0.1) is 6.61 Å². The Hall–Kier alpha value is -1.16. The van der Waals surface area contributed by atoms with Gasteiger partial charge >= 0.3 is 5.97 Å². The molecule has 1 atom stereocenters. The number of benzene rings is 1. The van der Waals surface area contributed by atoms with Crippen molar-refractivity contribution in [3.8, 4) is 5.75 Å². The summed E-state index contributed by atoms with van der Waals surface area (Å²) in [5, 5.41) is 8.82. The van der Waals surface area contributed by atoms with Gasteiger partial charge in [-0.3, -0.25) is 4.79 Å². The lowest BCUT2D eigenvalue weighted by molar-refractivity contribution is -0.137. The van der Waals surface area contributed by atoms with Crippen LogP contribution in [0.25, 0.3) is 0 Å². The van der Waals surface area contributed by atoms with Gasteiger partial charge in [0.25, 0.3) is 0 Å². The van der Waals surface area contributed by atoms with Crippen LogP contribution in [-0.4, -0.2) is 28.7 Å². The van der Waals surface area contributed by atoms with E-state index in [4.69, 9.17) is 9.84 Å². The summed E-state index contributed by atoms with van der Waals surface area (Å²) in [4.78, 5) is 11.1. The smallest absolute Gasteiger partial charge is 0.316 e. The molecule has 0 amide bonds. The SMILES string of the molecule is CC(C)C(SCCc1ccc2c(c1)CCO2)C(=O)O. The minimum atomic E-state index is -0.706. The maximum Gasteiger partial charge on any atom is 0.316 e. The fourth-order valence-electron chi connectivity index (χ4n) is 2.25. The molecule has 2 rings (SSSR count). The van der Waals surface area contributed by atoms with E-state index in [0.717, 1.165) is 31.0 Å². The predicted octanol–water partition coefficient (Wildman–Crippen LogP) is 3.01. The Morgan fingerprint density at radius 3 is 2.95 bits per heavy atom. The molecular formula is C15H20O3S. The molecule has 1 aromatic rings. The van der Waals surface area contributed by atoms with Crippen LogP contribution in [0.4, 0.5) is 0 Å². The molecule has 0 bridgehead atoms. The van der Waals surface area contributed by atoms with E-state index in [0.29, 0.717) is 0 Å². The van der Waals surface area contributed by atoms with Crippen molar-refractivity contribution in [3.63, 3.8) is 0 Å². The molecule has 1 unspecified atom stereocenters. The molecule has 1 heterocycles. The number of carboxylic acid groups (broad SMARTS) is 1. The van der Waals surface area contributed by atoms with Crippen molar-refractivity contribution >= 4 is 17.7 Å². The fraction of sp³-hybridized carbons (Fsp3) is 0.533. The van der Waals surface area contributed by atoms with Crippen LogP contribution in [0.1, 0.15) is 25.0 Å². The molecule has 1 aliphatic rings. The number of rotatable bonds is 6. The lowest BCUT2D eigenvalue weighted by Crippen LogP contribution is -2.23. The van der Waals surface area contributed by atoms with Crippen LogP contribution in [0.5, 0.6) is 5.75 Å². The van der Waals surface area contributed by atoms with E-state index in [9.17, 15) is 4.79 Å². The second kappa shape index (κ2) is 6.33. The molecule has 1 aromatic carbocycles. The highest BCUT2D eigenvalue weighted by Gasteiger charge is 2.21. The van der Waals surface area contributed by atoms with Crippen molar-refractivity contribution < 1.29 is 14.6 Å². The van der Waals surface area contributed by atoms with E-state index < -0.39 is 5.97 Å². The number of aryl methyl sites for hydroxylation is 1. The Bertz CT molecular complexity index is 457. The Balaban J connectivity index is 1.87. The van der Waals surface area contributed by atoms with E-state index in [1.54, 1.807) is 0 Å². The summed E-state index contributed by atoms with van der Waals surface area (Å²) in [6.45, 7) is 4.69. The molecule has 0 saturated carbocycles. The normalized spacial score (nSPS) is 15.1. The third kappa shape index (κ3) is 3.66. The van der Waals surface area contributed by atoms with Crippen LogP contribution in [0.15, 0.2) is 18.2 Å². The molecule has 1 N–H and O–H groups in total. The number of fused-ring (bicyclic) bond motifs is 1. The van der Waals surface area contributed by atoms with E-state index >= 15 is 0 Å². The molecule has 0 radical (unpaired) electrons. The quantitative estimate of drug-likeness (QED) is 0.870. The second-order valence-electron chi connectivity index (χ2n) is 5.16. The van der Waals surface area contributed by atoms with Crippen molar-refractivity contribution in [3.05, 3.63) is 29.3 Å². The number of thioether (sulfide) groups is 1. The first-order valence-corrected chi connectivity index (χ1v) is 7.72. The fourth-order valence-corrected chi connectivity index (χ4v) is 3.38. The van der Waals surface area contributed by atoms with Gasteiger partial charge in [0.15, 0.2) is 0 Å². The summed E-state index contributed by atoms with van der Waals surface area (Å²) in [5.74, 6) is 1.30. The van der Waals surface area contributed by atoms with E-state index in [-0.39, 0.29) is 11.2 Å². The van der Waals surface area contributed by atoms with E-state index in [2.05, 4.69) is 12.1 Å². The Morgan fingerprint density at radius 1 is 1.47 bits per heavy atom. The molecule has 104 valence electrons. The average Bonchev–Trinajstić information content (AvgIpc) is 2.80. The van der Waals surface area contributed by atoms with Crippen molar-refractivity contribution in [2.24, 2.45) is 5.92 Å². The molecule has 19 heavy (non-hydrogen) atoms. The van der Waals surface area contributed by atoms with Crippen LogP contribution < -0.4 is 4.74 Å².